The summed E-state index contributed by atoms with van der Waals surface area (Å²) in [5.74, 6) is 0.848. The van der Waals surface area contributed by atoms with Crippen molar-refractivity contribution in [3.8, 4) is 5.75 Å². The summed E-state index contributed by atoms with van der Waals surface area (Å²) in [6, 6.07) is 14.1. The molecule has 1 fully saturated rings. The molecule has 0 N–H and O–H groups in total. The van der Waals surface area contributed by atoms with E-state index in [9.17, 15) is 13.2 Å². The molecule has 0 amide bonds. The highest BCUT2D eigenvalue weighted by molar-refractivity contribution is 5.49. The van der Waals surface area contributed by atoms with Gasteiger partial charge in [0.05, 0.1) is 12.7 Å². The Hall–Kier alpha value is -2.21. The fourth-order valence-corrected chi connectivity index (χ4v) is 3.53. The lowest BCUT2D eigenvalue weighted by molar-refractivity contribution is -0.137. The summed E-state index contributed by atoms with van der Waals surface area (Å²) in [5.41, 5.74) is 1.31. The third-order valence-corrected chi connectivity index (χ3v) is 5.17. The van der Waals surface area contributed by atoms with Gasteiger partial charge in [0.2, 0.25) is 0 Å². The second kappa shape index (κ2) is 8.21. The second-order valence-electron chi connectivity index (χ2n) is 6.97. The molecule has 1 heterocycles. The Morgan fingerprint density at radius 3 is 2.26 bits per heavy atom. The molecule has 1 unspecified atom stereocenters. The molecule has 1 atom stereocenters. The maximum atomic E-state index is 12.9. The first-order chi connectivity index (χ1) is 12.9. The van der Waals surface area contributed by atoms with E-state index in [1.165, 1.54) is 17.7 Å². The molecule has 3 nitrogen and oxygen atoms in total. The highest BCUT2D eigenvalue weighted by Crippen LogP contribution is 2.32. The Morgan fingerprint density at radius 1 is 1.00 bits per heavy atom. The summed E-state index contributed by atoms with van der Waals surface area (Å²) in [7, 11) is 1.65. The Labute approximate surface area is 158 Å². The zero-order valence-corrected chi connectivity index (χ0v) is 15.7. The highest BCUT2D eigenvalue weighted by atomic mass is 19.4. The van der Waals surface area contributed by atoms with Crippen LogP contribution in [0.1, 0.15) is 18.1 Å². The molecule has 1 saturated heterocycles. The molecule has 1 aliphatic rings. The maximum absolute atomic E-state index is 12.9. The van der Waals surface area contributed by atoms with Crippen LogP contribution in [-0.4, -0.2) is 44.2 Å². The van der Waals surface area contributed by atoms with Crippen molar-refractivity contribution in [3.05, 3.63) is 59.7 Å². The number of methoxy groups -OCH3 is 1. The van der Waals surface area contributed by atoms with Gasteiger partial charge in [-0.3, -0.25) is 4.90 Å². The lowest BCUT2D eigenvalue weighted by Gasteiger charge is -2.39. The van der Waals surface area contributed by atoms with Gasteiger partial charge in [-0.2, -0.15) is 13.2 Å². The lowest BCUT2D eigenvalue weighted by atomic mass is 10.0. The fourth-order valence-electron chi connectivity index (χ4n) is 3.53. The van der Waals surface area contributed by atoms with Gasteiger partial charge in [-0.1, -0.05) is 18.2 Å². The van der Waals surface area contributed by atoms with Crippen LogP contribution in [0.3, 0.4) is 0 Å². The van der Waals surface area contributed by atoms with Crippen LogP contribution in [0, 0.1) is 0 Å². The zero-order chi connectivity index (χ0) is 19.4. The van der Waals surface area contributed by atoms with Gasteiger partial charge in [0, 0.05) is 37.9 Å². The molecule has 0 bridgehead atoms. The summed E-state index contributed by atoms with van der Waals surface area (Å²) in [6.07, 6.45) is -3.36. The van der Waals surface area contributed by atoms with E-state index in [1.54, 1.807) is 13.2 Å². The van der Waals surface area contributed by atoms with Crippen molar-refractivity contribution in [3.63, 3.8) is 0 Å². The SMILES string of the molecule is COc1ccc(CC(C)N2CCN(c3cccc(C(F)(F)F)c3)CC2)cc1. The second-order valence-corrected chi connectivity index (χ2v) is 6.97. The first kappa shape index (κ1) is 19.5. The van der Waals surface area contributed by atoms with Crippen LogP contribution < -0.4 is 9.64 Å². The molecular formula is C21H25F3N2O. The summed E-state index contributed by atoms with van der Waals surface area (Å²) in [6.45, 7) is 5.34. The van der Waals surface area contributed by atoms with Crippen LogP contribution in [0.2, 0.25) is 0 Å². The quantitative estimate of drug-likeness (QED) is 0.764. The van der Waals surface area contributed by atoms with Crippen molar-refractivity contribution >= 4 is 5.69 Å². The Kier molecular flexibility index (Phi) is 5.95. The van der Waals surface area contributed by atoms with Crippen LogP contribution in [0.15, 0.2) is 48.5 Å². The lowest BCUT2D eigenvalue weighted by Crippen LogP contribution is -2.50. The van der Waals surface area contributed by atoms with Gasteiger partial charge in [-0.25, -0.2) is 0 Å². The van der Waals surface area contributed by atoms with Crippen LogP contribution in [0.4, 0.5) is 18.9 Å². The smallest absolute Gasteiger partial charge is 0.416 e. The molecular weight excluding hydrogens is 353 g/mol. The predicted octanol–water partition coefficient (Wildman–Crippen LogP) is 4.47. The molecule has 0 aromatic heterocycles. The number of nitrogens with zero attached hydrogens (tertiary/aromatic N) is 2. The van der Waals surface area contributed by atoms with Gasteiger partial charge >= 0.3 is 6.18 Å². The molecule has 146 valence electrons. The standard InChI is InChI=1S/C21H25F3N2O/c1-16(14-17-6-8-20(27-2)9-7-17)25-10-12-26(13-11-25)19-5-3-4-18(15-19)21(22,23)24/h3-9,15-16H,10-14H2,1-2H3. The van der Waals surface area contributed by atoms with E-state index in [0.29, 0.717) is 11.7 Å². The Balaban J connectivity index is 1.56. The molecule has 6 heteroatoms. The third-order valence-electron chi connectivity index (χ3n) is 5.17. The minimum Gasteiger partial charge on any atom is -0.497 e. The number of hydrogen-bond acceptors (Lipinski definition) is 3. The van der Waals surface area contributed by atoms with Gasteiger partial charge in [0.15, 0.2) is 0 Å². The van der Waals surface area contributed by atoms with Crippen LogP contribution in [0.5, 0.6) is 5.75 Å². The molecule has 0 aliphatic carbocycles. The summed E-state index contributed by atoms with van der Waals surface area (Å²) in [5, 5.41) is 0. The largest absolute Gasteiger partial charge is 0.497 e. The number of ether oxygens (including phenoxy) is 1. The molecule has 0 saturated carbocycles. The number of alkyl halides is 3. The average molecular weight is 378 g/mol. The van der Waals surface area contributed by atoms with E-state index >= 15 is 0 Å². The monoisotopic (exact) mass is 378 g/mol. The van der Waals surface area contributed by atoms with Crippen molar-refractivity contribution in [2.45, 2.75) is 25.6 Å². The topological polar surface area (TPSA) is 15.7 Å². The van der Waals surface area contributed by atoms with Gasteiger partial charge < -0.3 is 9.64 Å². The molecule has 0 radical (unpaired) electrons. The molecule has 2 aromatic rings. The summed E-state index contributed by atoms with van der Waals surface area (Å²) < 4.78 is 44.0. The Bertz CT molecular complexity index is 738. The van der Waals surface area contributed by atoms with Crippen molar-refractivity contribution in [2.75, 3.05) is 38.2 Å². The molecule has 27 heavy (non-hydrogen) atoms. The van der Waals surface area contributed by atoms with Crippen molar-refractivity contribution < 1.29 is 17.9 Å². The zero-order valence-electron chi connectivity index (χ0n) is 15.7. The number of benzene rings is 2. The summed E-state index contributed by atoms with van der Waals surface area (Å²) >= 11 is 0. The minimum atomic E-state index is -4.30. The molecule has 3 rings (SSSR count). The van der Waals surface area contributed by atoms with Crippen molar-refractivity contribution in [1.29, 1.82) is 0 Å². The van der Waals surface area contributed by atoms with E-state index in [1.807, 2.05) is 17.0 Å². The summed E-state index contributed by atoms with van der Waals surface area (Å²) in [4.78, 5) is 4.43. The number of rotatable bonds is 5. The van der Waals surface area contributed by atoms with Crippen LogP contribution in [0.25, 0.3) is 0 Å². The fraction of sp³-hybridized carbons (Fsp3) is 0.429. The molecule has 2 aromatic carbocycles. The van der Waals surface area contributed by atoms with Gasteiger partial charge in [-0.15, -0.1) is 0 Å². The molecule has 0 spiro atoms. The minimum absolute atomic E-state index is 0.377. The van der Waals surface area contributed by atoms with Crippen molar-refractivity contribution in [1.82, 2.24) is 4.90 Å². The van der Waals surface area contributed by atoms with Crippen LogP contribution >= 0.6 is 0 Å². The van der Waals surface area contributed by atoms with Gasteiger partial charge in [0.25, 0.3) is 0 Å². The van der Waals surface area contributed by atoms with Gasteiger partial charge in [-0.05, 0) is 49.2 Å². The number of hydrogen-bond donors (Lipinski definition) is 0. The highest BCUT2D eigenvalue weighted by Gasteiger charge is 2.31. The normalized spacial score (nSPS) is 17.0. The first-order valence-electron chi connectivity index (χ1n) is 9.16. The van der Waals surface area contributed by atoms with Gasteiger partial charge in [0.1, 0.15) is 5.75 Å². The maximum Gasteiger partial charge on any atom is 0.416 e. The van der Waals surface area contributed by atoms with E-state index in [2.05, 4.69) is 24.0 Å². The third kappa shape index (κ3) is 4.95. The average Bonchev–Trinajstić information content (AvgIpc) is 2.68. The van der Waals surface area contributed by atoms with E-state index in [4.69, 9.17) is 4.74 Å². The number of anilines is 1. The van der Waals surface area contributed by atoms with Crippen molar-refractivity contribution in [2.24, 2.45) is 0 Å². The molecule has 1 aliphatic heterocycles. The first-order valence-corrected chi connectivity index (χ1v) is 9.16. The van der Waals surface area contributed by atoms with E-state index in [0.717, 1.165) is 44.4 Å². The Morgan fingerprint density at radius 2 is 1.67 bits per heavy atom. The van der Waals surface area contributed by atoms with E-state index < -0.39 is 11.7 Å². The number of halogens is 3. The van der Waals surface area contributed by atoms with E-state index in [-0.39, 0.29) is 0 Å². The predicted molar refractivity (Wildman–Crippen MR) is 101 cm³/mol. The van der Waals surface area contributed by atoms with Crippen LogP contribution in [-0.2, 0) is 12.6 Å². The number of piperazine rings is 1.